The monoisotopic (exact) mass is 302 g/mol. The van der Waals surface area contributed by atoms with Gasteiger partial charge in [0.1, 0.15) is 0 Å². The molecule has 0 radical (unpaired) electrons. The van der Waals surface area contributed by atoms with E-state index in [4.69, 9.17) is 11.6 Å². The Balaban J connectivity index is 2.35. The third-order valence-electron chi connectivity index (χ3n) is 2.91. The highest BCUT2D eigenvalue weighted by Gasteiger charge is 2.20. The van der Waals surface area contributed by atoms with Gasteiger partial charge in [0.25, 0.3) is 0 Å². The Morgan fingerprint density at radius 3 is 2.58 bits per heavy atom. The van der Waals surface area contributed by atoms with Crippen molar-refractivity contribution in [2.75, 3.05) is 26.7 Å². The van der Waals surface area contributed by atoms with Gasteiger partial charge in [0.05, 0.1) is 4.34 Å². The highest BCUT2D eigenvalue weighted by molar-refractivity contribution is 7.16. The van der Waals surface area contributed by atoms with Gasteiger partial charge in [-0.05, 0) is 37.1 Å². The molecule has 2 nitrogen and oxygen atoms in total. The van der Waals surface area contributed by atoms with E-state index in [1.165, 1.54) is 4.88 Å². The molecular weight excluding hydrogens is 276 g/mol. The fourth-order valence-electron chi connectivity index (χ4n) is 2.24. The van der Waals surface area contributed by atoms with Gasteiger partial charge in [-0.1, -0.05) is 39.3 Å². The number of thiophene rings is 1. The van der Waals surface area contributed by atoms with Crippen molar-refractivity contribution in [3.8, 4) is 0 Å². The van der Waals surface area contributed by atoms with Crippen LogP contribution in [0.1, 0.15) is 32.6 Å². The van der Waals surface area contributed by atoms with Crippen LogP contribution in [0, 0.1) is 11.3 Å². The summed E-state index contributed by atoms with van der Waals surface area (Å²) in [7, 11) is 2.18. The summed E-state index contributed by atoms with van der Waals surface area (Å²) in [5.41, 5.74) is 0.282. The first-order valence-electron chi connectivity index (χ1n) is 6.92. The molecule has 0 saturated heterocycles. The molecule has 0 atom stereocenters. The van der Waals surface area contributed by atoms with Gasteiger partial charge >= 0.3 is 0 Å². The summed E-state index contributed by atoms with van der Waals surface area (Å²) in [6.45, 7) is 13.3. The lowest BCUT2D eigenvalue weighted by Gasteiger charge is -2.30. The highest BCUT2D eigenvalue weighted by Crippen LogP contribution is 2.23. The molecule has 0 aliphatic carbocycles. The van der Waals surface area contributed by atoms with E-state index in [0.29, 0.717) is 5.92 Å². The number of rotatable bonds is 8. The first-order valence-corrected chi connectivity index (χ1v) is 8.11. The van der Waals surface area contributed by atoms with Crippen LogP contribution in [0.25, 0.3) is 0 Å². The predicted molar refractivity (Wildman–Crippen MR) is 87.2 cm³/mol. The zero-order chi connectivity index (χ0) is 14.5. The van der Waals surface area contributed by atoms with E-state index in [1.807, 2.05) is 6.07 Å². The quantitative estimate of drug-likeness (QED) is 0.777. The molecule has 0 aliphatic rings. The van der Waals surface area contributed by atoms with Crippen LogP contribution >= 0.6 is 22.9 Å². The maximum Gasteiger partial charge on any atom is 0.0931 e. The van der Waals surface area contributed by atoms with Gasteiger partial charge in [-0.3, -0.25) is 0 Å². The first kappa shape index (κ1) is 17.0. The fraction of sp³-hybridized carbons (Fsp3) is 0.733. The van der Waals surface area contributed by atoms with Crippen molar-refractivity contribution in [2.45, 2.75) is 34.2 Å². The van der Waals surface area contributed by atoms with Crippen LogP contribution in [0.5, 0.6) is 0 Å². The van der Waals surface area contributed by atoms with Crippen LogP contribution in [0.2, 0.25) is 4.34 Å². The second-order valence-electron chi connectivity index (χ2n) is 6.57. The van der Waals surface area contributed by atoms with Crippen molar-refractivity contribution in [3.05, 3.63) is 21.3 Å². The Hall–Kier alpha value is -0.0900. The van der Waals surface area contributed by atoms with Gasteiger partial charge in [-0.2, -0.15) is 0 Å². The molecule has 0 aliphatic heterocycles. The van der Waals surface area contributed by atoms with Crippen LogP contribution in [0.15, 0.2) is 12.1 Å². The first-order chi connectivity index (χ1) is 8.78. The Morgan fingerprint density at radius 2 is 2.05 bits per heavy atom. The van der Waals surface area contributed by atoms with Crippen molar-refractivity contribution in [1.29, 1.82) is 0 Å². The molecule has 1 heterocycles. The highest BCUT2D eigenvalue weighted by atomic mass is 35.5. The lowest BCUT2D eigenvalue weighted by Crippen LogP contribution is -2.39. The van der Waals surface area contributed by atoms with Crippen molar-refractivity contribution in [2.24, 2.45) is 11.3 Å². The van der Waals surface area contributed by atoms with Gasteiger partial charge < -0.3 is 10.2 Å². The molecule has 4 heteroatoms. The zero-order valence-corrected chi connectivity index (χ0v) is 14.4. The number of nitrogens with one attached hydrogen (secondary N) is 1. The minimum absolute atomic E-state index is 0.282. The summed E-state index contributed by atoms with van der Waals surface area (Å²) < 4.78 is 0.876. The topological polar surface area (TPSA) is 15.3 Å². The van der Waals surface area contributed by atoms with E-state index in [0.717, 1.165) is 30.5 Å². The summed E-state index contributed by atoms with van der Waals surface area (Å²) >= 11 is 7.64. The molecule has 1 aromatic heterocycles. The second kappa shape index (κ2) is 7.63. The molecular formula is C15H27ClN2S. The van der Waals surface area contributed by atoms with E-state index >= 15 is 0 Å². The zero-order valence-electron chi connectivity index (χ0n) is 12.8. The largest absolute Gasteiger partial charge is 0.316 e. The van der Waals surface area contributed by atoms with Gasteiger partial charge in [-0.25, -0.2) is 0 Å². The van der Waals surface area contributed by atoms with Crippen molar-refractivity contribution < 1.29 is 0 Å². The Morgan fingerprint density at radius 1 is 1.37 bits per heavy atom. The van der Waals surface area contributed by atoms with E-state index in [-0.39, 0.29) is 5.41 Å². The third-order valence-corrected chi connectivity index (χ3v) is 4.12. The lowest BCUT2D eigenvalue weighted by atomic mass is 9.92. The SMILES string of the molecule is CC(C)CNCC(C)(C)CN(C)Cc1ccc(Cl)s1. The lowest BCUT2D eigenvalue weighted by molar-refractivity contribution is 0.198. The van der Waals surface area contributed by atoms with E-state index < -0.39 is 0 Å². The number of hydrogen-bond acceptors (Lipinski definition) is 3. The van der Waals surface area contributed by atoms with Gasteiger partial charge in [0.2, 0.25) is 0 Å². The predicted octanol–water partition coefficient (Wildman–Crippen LogP) is 4.11. The van der Waals surface area contributed by atoms with Gasteiger partial charge in [-0.15, -0.1) is 11.3 Å². The normalized spacial score (nSPS) is 12.6. The molecule has 0 fully saturated rings. The molecule has 110 valence electrons. The summed E-state index contributed by atoms with van der Waals surface area (Å²) in [4.78, 5) is 3.71. The average molecular weight is 303 g/mol. The molecule has 0 saturated carbocycles. The minimum Gasteiger partial charge on any atom is -0.316 e. The number of hydrogen-bond donors (Lipinski definition) is 1. The molecule has 0 unspecified atom stereocenters. The molecule has 1 aromatic rings. The van der Waals surface area contributed by atoms with Crippen LogP contribution in [-0.4, -0.2) is 31.6 Å². The average Bonchev–Trinajstić information content (AvgIpc) is 2.61. The van der Waals surface area contributed by atoms with E-state index in [2.05, 4.69) is 51.0 Å². The molecule has 0 amide bonds. The fourth-order valence-corrected chi connectivity index (χ4v) is 3.41. The van der Waals surface area contributed by atoms with Crippen molar-refractivity contribution >= 4 is 22.9 Å². The Bertz CT molecular complexity index is 374. The standard InChI is InChI=1S/C15H27ClN2S/c1-12(2)8-17-10-15(3,4)11-18(5)9-13-6-7-14(16)19-13/h6-7,12,17H,8-11H2,1-5H3. The third kappa shape index (κ3) is 7.31. The second-order valence-corrected chi connectivity index (χ2v) is 8.37. The van der Waals surface area contributed by atoms with Gasteiger partial charge in [0.15, 0.2) is 0 Å². The van der Waals surface area contributed by atoms with E-state index in [9.17, 15) is 0 Å². The van der Waals surface area contributed by atoms with Crippen LogP contribution in [0.4, 0.5) is 0 Å². The van der Waals surface area contributed by atoms with E-state index in [1.54, 1.807) is 11.3 Å². The summed E-state index contributed by atoms with van der Waals surface area (Å²) in [6, 6.07) is 4.10. The molecule has 19 heavy (non-hydrogen) atoms. The molecule has 0 bridgehead atoms. The minimum atomic E-state index is 0.282. The number of halogens is 1. The summed E-state index contributed by atoms with van der Waals surface area (Å²) in [5, 5.41) is 3.55. The summed E-state index contributed by atoms with van der Waals surface area (Å²) in [6.07, 6.45) is 0. The van der Waals surface area contributed by atoms with Crippen molar-refractivity contribution in [3.63, 3.8) is 0 Å². The smallest absolute Gasteiger partial charge is 0.0931 e. The maximum absolute atomic E-state index is 5.97. The van der Waals surface area contributed by atoms with Gasteiger partial charge in [0, 0.05) is 24.5 Å². The molecule has 0 aromatic carbocycles. The Kier molecular flexibility index (Phi) is 6.81. The number of nitrogens with zero attached hydrogens (tertiary/aromatic N) is 1. The maximum atomic E-state index is 5.97. The summed E-state index contributed by atoms with van der Waals surface area (Å²) in [5.74, 6) is 0.710. The van der Waals surface area contributed by atoms with Crippen molar-refractivity contribution in [1.82, 2.24) is 10.2 Å². The molecule has 0 spiro atoms. The van der Waals surface area contributed by atoms with Crippen LogP contribution < -0.4 is 5.32 Å². The Labute approximate surface area is 127 Å². The van der Waals surface area contributed by atoms with Crippen LogP contribution in [-0.2, 0) is 6.54 Å². The molecule has 1 rings (SSSR count). The van der Waals surface area contributed by atoms with Crippen LogP contribution in [0.3, 0.4) is 0 Å². The molecule has 1 N–H and O–H groups in total.